The van der Waals surface area contributed by atoms with Crippen molar-refractivity contribution in [3.63, 3.8) is 0 Å². The molecule has 1 aromatic rings. The van der Waals surface area contributed by atoms with Crippen molar-refractivity contribution < 1.29 is 14.6 Å². The first-order valence-corrected chi connectivity index (χ1v) is 7.14. The Bertz CT molecular complexity index is 441. The molecular weight excluding hydrogens is 252 g/mol. The molecule has 1 aliphatic heterocycles. The van der Waals surface area contributed by atoms with Crippen LogP contribution in [-0.4, -0.2) is 23.1 Å². The number of rotatable bonds is 5. The van der Waals surface area contributed by atoms with E-state index in [0.717, 1.165) is 5.56 Å². The van der Waals surface area contributed by atoms with Gasteiger partial charge in [-0.15, -0.1) is 6.58 Å². The maximum Gasteiger partial charge on any atom is 0.164 e. The Morgan fingerprint density at radius 3 is 2.55 bits per heavy atom. The minimum atomic E-state index is -0.632. The highest BCUT2D eigenvalue weighted by Crippen LogP contribution is 2.42. The fourth-order valence-corrected chi connectivity index (χ4v) is 2.68. The Balaban J connectivity index is 2.22. The van der Waals surface area contributed by atoms with Gasteiger partial charge in [-0.1, -0.05) is 43.3 Å². The minimum absolute atomic E-state index is 0.0278. The number of ether oxygens (including phenoxy) is 2. The molecule has 0 aliphatic carbocycles. The quantitative estimate of drug-likeness (QED) is 0.837. The number of aliphatic hydroxyl groups excluding tert-OH is 1. The molecule has 20 heavy (non-hydrogen) atoms. The Kier molecular flexibility index (Phi) is 4.63. The Morgan fingerprint density at radius 2 is 1.95 bits per heavy atom. The van der Waals surface area contributed by atoms with Crippen LogP contribution in [0.3, 0.4) is 0 Å². The topological polar surface area (TPSA) is 38.7 Å². The summed E-state index contributed by atoms with van der Waals surface area (Å²) in [6.07, 6.45) is 1.51. The molecule has 1 aromatic carbocycles. The van der Waals surface area contributed by atoms with Gasteiger partial charge in [-0.3, -0.25) is 0 Å². The van der Waals surface area contributed by atoms with Gasteiger partial charge in [-0.05, 0) is 25.8 Å². The number of aliphatic hydroxyl groups is 1. The molecule has 0 aromatic heterocycles. The van der Waals surface area contributed by atoms with Gasteiger partial charge in [-0.25, -0.2) is 0 Å². The first kappa shape index (κ1) is 15.2. The van der Waals surface area contributed by atoms with Crippen LogP contribution in [0.25, 0.3) is 0 Å². The van der Waals surface area contributed by atoms with E-state index in [2.05, 4.69) is 6.58 Å². The van der Waals surface area contributed by atoms with Crippen LogP contribution in [0.5, 0.6) is 0 Å². The van der Waals surface area contributed by atoms with Gasteiger partial charge in [0.2, 0.25) is 0 Å². The van der Waals surface area contributed by atoms with Crippen LogP contribution in [0.1, 0.15) is 38.9 Å². The van der Waals surface area contributed by atoms with E-state index in [1.54, 1.807) is 6.08 Å². The van der Waals surface area contributed by atoms with Gasteiger partial charge >= 0.3 is 0 Å². The summed E-state index contributed by atoms with van der Waals surface area (Å²) >= 11 is 0. The van der Waals surface area contributed by atoms with E-state index >= 15 is 0 Å². The Labute approximate surface area is 121 Å². The van der Waals surface area contributed by atoms with E-state index in [9.17, 15) is 5.11 Å². The molecule has 1 saturated heterocycles. The third kappa shape index (κ3) is 3.29. The molecule has 0 bridgehead atoms. The Hall–Kier alpha value is -1.16. The monoisotopic (exact) mass is 276 g/mol. The zero-order valence-corrected chi connectivity index (χ0v) is 12.5. The fourth-order valence-electron chi connectivity index (χ4n) is 2.68. The molecule has 1 fully saturated rings. The first-order chi connectivity index (χ1) is 9.44. The first-order valence-electron chi connectivity index (χ1n) is 7.14. The van der Waals surface area contributed by atoms with Crippen LogP contribution in [0.15, 0.2) is 43.0 Å². The summed E-state index contributed by atoms with van der Waals surface area (Å²) in [5.41, 5.74) is 1.08. The molecule has 3 nitrogen and oxygen atoms in total. The molecule has 0 radical (unpaired) electrons. The summed E-state index contributed by atoms with van der Waals surface area (Å²) in [6, 6.07) is 10.0. The second-order valence-corrected chi connectivity index (χ2v) is 5.88. The maximum absolute atomic E-state index is 10.2. The second kappa shape index (κ2) is 6.08. The largest absolute Gasteiger partial charge is 0.392 e. The second-order valence-electron chi connectivity index (χ2n) is 5.88. The van der Waals surface area contributed by atoms with E-state index in [1.165, 1.54) is 0 Å². The summed E-state index contributed by atoms with van der Waals surface area (Å²) in [5, 5.41) is 10.2. The van der Waals surface area contributed by atoms with Gasteiger partial charge < -0.3 is 14.6 Å². The zero-order chi connectivity index (χ0) is 14.8. The van der Waals surface area contributed by atoms with Crippen molar-refractivity contribution in [1.29, 1.82) is 0 Å². The minimum Gasteiger partial charge on any atom is -0.392 e. The van der Waals surface area contributed by atoms with Crippen LogP contribution in [-0.2, 0) is 9.47 Å². The molecule has 0 saturated carbocycles. The molecule has 0 unspecified atom stereocenters. The van der Waals surface area contributed by atoms with Crippen molar-refractivity contribution in [2.24, 2.45) is 5.92 Å². The van der Waals surface area contributed by atoms with E-state index in [0.29, 0.717) is 6.42 Å². The van der Waals surface area contributed by atoms with Crippen LogP contribution >= 0.6 is 0 Å². The van der Waals surface area contributed by atoms with Gasteiger partial charge in [0.1, 0.15) is 6.10 Å². The fraction of sp³-hybridized carbons (Fsp3) is 0.529. The smallest absolute Gasteiger partial charge is 0.164 e. The van der Waals surface area contributed by atoms with Crippen molar-refractivity contribution in [1.82, 2.24) is 0 Å². The van der Waals surface area contributed by atoms with Crippen LogP contribution < -0.4 is 0 Å². The molecule has 3 heteroatoms. The summed E-state index contributed by atoms with van der Waals surface area (Å²) in [5.74, 6) is -0.659. The molecule has 110 valence electrons. The summed E-state index contributed by atoms with van der Waals surface area (Å²) in [7, 11) is 0. The van der Waals surface area contributed by atoms with Gasteiger partial charge in [0.05, 0.1) is 12.2 Å². The maximum atomic E-state index is 10.2. The van der Waals surface area contributed by atoms with Crippen molar-refractivity contribution in [2.75, 3.05) is 0 Å². The van der Waals surface area contributed by atoms with E-state index in [1.807, 2.05) is 51.1 Å². The van der Waals surface area contributed by atoms with Crippen LogP contribution in [0.4, 0.5) is 0 Å². The zero-order valence-electron chi connectivity index (χ0n) is 12.5. The molecular formula is C17H24O3. The standard InChI is InChI=1S/C17H24O3/c1-5-9-14(18)12(2)15-16(20-17(3,4)19-15)13-10-7-6-8-11-13/h5-8,10-12,14-16,18H,1,9H2,2-4H3/t12-,14-,15+,16-/m0/s1. The van der Waals surface area contributed by atoms with E-state index in [-0.39, 0.29) is 18.1 Å². The van der Waals surface area contributed by atoms with Crippen molar-refractivity contribution in [3.8, 4) is 0 Å². The molecule has 0 spiro atoms. The van der Waals surface area contributed by atoms with E-state index in [4.69, 9.17) is 9.47 Å². The van der Waals surface area contributed by atoms with Gasteiger partial charge in [0.25, 0.3) is 0 Å². The molecule has 1 aliphatic rings. The van der Waals surface area contributed by atoms with Gasteiger partial charge in [0.15, 0.2) is 5.79 Å². The third-order valence-electron chi connectivity index (χ3n) is 3.79. The molecule has 1 N–H and O–H groups in total. The molecule has 1 heterocycles. The van der Waals surface area contributed by atoms with Crippen molar-refractivity contribution in [2.45, 2.75) is 51.3 Å². The number of hydrogen-bond acceptors (Lipinski definition) is 3. The lowest BCUT2D eigenvalue weighted by Crippen LogP contribution is -2.33. The predicted octanol–water partition coefficient (Wildman–Crippen LogP) is 3.45. The normalized spacial score (nSPS) is 28.0. The lowest BCUT2D eigenvalue weighted by molar-refractivity contribution is -0.153. The highest BCUT2D eigenvalue weighted by Gasteiger charge is 2.45. The van der Waals surface area contributed by atoms with Crippen LogP contribution in [0, 0.1) is 5.92 Å². The molecule has 2 rings (SSSR count). The average molecular weight is 276 g/mol. The lowest BCUT2D eigenvalue weighted by Gasteiger charge is -2.27. The van der Waals surface area contributed by atoms with Crippen molar-refractivity contribution in [3.05, 3.63) is 48.6 Å². The highest BCUT2D eigenvalue weighted by molar-refractivity contribution is 5.20. The summed E-state index contributed by atoms with van der Waals surface area (Å²) in [6.45, 7) is 9.51. The highest BCUT2D eigenvalue weighted by atomic mass is 16.8. The SMILES string of the molecule is C=CC[C@H](O)[C@H](C)[C@H]1OC(C)(C)O[C@H]1c1ccccc1. The molecule has 4 atom stereocenters. The molecule has 0 amide bonds. The average Bonchev–Trinajstić information content (AvgIpc) is 2.75. The number of benzene rings is 1. The van der Waals surface area contributed by atoms with Crippen LogP contribution in [0.2, 0.25) is 0 Å². The van der Waals surface area contributed by atoms with Crippen molar-refractivity contribution >= 4 is 0 Å². The number of hydrogen-bond donors (Lipinski definition) is 1. The summed E-state index contributed by atoms with van der Waals surface area (Å²) < 4.78 is 12.1. The van der Waals surface area contributed by atoms with Gasteiger partial charge in [-0.2, -0.15) is 0 Å². The Morgan fingerprint density at radius 1 is 1.30 bits per heavy atom. The van der Waals surface area contributed by atoms with Gasteiger partial charge in [0, 0.05) is 5.92 Å². The predicted molar refractivity (Wildman–Crippen MR) is 79.2 cm³/mol. The lowest BCUT2D eigenvalue weighted by atomic mass is 9.89. The third-order valence-corrected chi connectivity index (χ3v) is 3.79. The van der Waals surface area contributed by atoms with E-state index < -0.39 is 11.9 Å². The summed E-state index contributed by atoms with van der Waals surface area (Å²) in [4.78, 5) is 0.